The number of nitrogens with zero attached hydrogens (tertiary/aromatic N) is 1. The van der Waals surface area contributed by atoms with Crippen LogP contribution in [0.1, 0.15) is 73.9 Å². The first kappa shape index (κ1) is 20.6. The number of hydrogen-bond acceptors (Lipinski definition) is 5. The van der Waals surface area contributed by atoms with E-state index in [0.717, 1.165) is 18.7 Å². The van der Waals surface area contributed by atoms with Crippen molar-refractivity contribution in [1.82, 2.24) is 4.90 Å². The highest BCUT2D eigenvalue weighted by molar-refractivity contribution is 5.96. The van der Waals surface area contributed by atoms with E-state index in [1.165, 1.54) is 19.3 Å². The molecule has 0 saturated heterocycles. The number of aliphatic hydroxyl groups excluding tert-OH is 1. The first-order valence-corrected chi connectivity index (χ1v) is 11.0. The molecule has 0 aliphatic heterocycles. The van der Waals surface area contributed by atoms with Crippen LogP contribution >= 0.6 is 0 Å². The molecule has 3 aliphatic carbocycles. The second-order valence-electron chi connectivity index (χ2n) is 9.62. The molecule has 29 heavy (non-hydrogen) atoms. The van der Waals surface area contributed by atoms with Gasteiger partial charge in [-0.1, -0.05) is 26.3 Å². The Hall–Kier alpha value is -1.63. The van der Waals surface area contributed by atoms with Gasteiger partial charge in [-0.2, -0.15) is 0 Å². The highest BCUT2D eigenvalue weighted by Gasteiger charge is 2.61. The van der Waals surface area contributed by atoms with Crippen LogP contribution in [0.3, 0.4) is 0 Å². The van der Waals surface area contributed by atoms with E-state index in [2.05, 4.69) is 11.8 Å². The third-order valence-corrected chi connectivity index (χ3v) is 8.07. The topological polar surface area (TPSA) is 107 Å². The average Bonchev–Trinajstić information content (AvgIpc) is 2.62. The zero-order chi connectivity index (χ0) is 21.0. The third kappa shape index (κ3) is 3.07. The molecule has 0 heterocycles. The first-order valence-electron chi connectivity index (χ1n) is 11.0. The Morgan fingerprint density at radius 3 is 2.62 bits per heavy atom. The Balaban J connectivity index is 1.83. The minimum absolute atomic E-state index is 0.0765. The summed E-state index contributed by atoms with van der Waals surface area (Å²) in [6.07, 6.45) is 5.20. The fraction of sp³-hybridized carbons (Fsp3) is 0.696. The number of benzene rings is 1. The van der Waals surface area contributed by atoms with Gasteiger partial charge in [0.25, 0.3) is 5.91 Å². The molecular formula is C23H34N2O4. The van der Waals surface area contributed by atoms with Crippen LogP contribution in [0.5, 0.6) is 5.75 Å². The number of fused-ring (bicyclic) bond motifs is 3. The summed E-state index contributed by atoms with van der Waals surface area (Å²) in [6, 6.07) is 3.37. The zero-order valence-corrected chi connectivity index (χ0v) is 17.5. The molecule has 3 aliphatic rings. The van der Waals surface area contributed by atoms with Gasteiger partial charge >= 0.3 is 0 Å². The first-order chi connectivity index (χ1) is 13.7. The maximum atomic E-state index is 12.2. The van der Waals surface area contributed by atoms with Crippen molar-refractivity contribution in [2.24, 2.45) is 11.7 Å². The van der Waals surface area contributed by atoms with Crippen LogP contribution in [0.25, 0.3) is 0 Å². The molecule has 0 spiro atoms. The van der Waals surface area contributed by atoms with Crippen LogP contribution in [-0.4, -0.2) is 57.0 Å². The Labute approximate surface area is 172 Å². The quantitative estimate of drug-likeness (QED) is 0.603. The highest BCUT2D eigenvalue weighted by Crippen LogP contribution is 2.56. The van der Waals surface area contributed by atoms with Gasteiger partial charge in [0.15, 0.2) is 0 Å². The van der Waals surface area contributed by atoms with Gasteiger partial charge in [0, 0.05) is 23.6 Å². The summed E-state index contributed by atoms with van der Waals surface area (Å²) >= 11 is 0. The average molecular weight is 403 g/mol. The molecule has 6 heteroatoms. The molecule has 2 saturated carbocycles. The number of likely N-dealkylation sites (N-methyl/N-ethyl adjacent to an activating group) is 1. The van der Waals surface area contributed by atoms with Crippen molar-refractivity contribution >= 4 is 5.91 Å². The normalized spacial score (nSPS) is 34.4. The monoisotopic (exact) mass is 402 g/mol. The van der Waals surface area contributed by atoms with Gasteiger partial charge in [0.05, 0.1) is 17.3 Å². The van der Waals surface area contributed by atoms with E-state index in [4.69, 9.17) is 5.73 Å². The van der Waals surface area contributed by atoms with E-state index in [1.54, 1.807) is 6.07 Å². The minimum atomic E-state index is -1.09. The van der Waals surface area contributed by atoms with Gasteiger partial charge < -0.3 is 21.1 Å². The van der Waals surface area contributed by atoms with Crippen LogP contribution in [0.2, 0.25) is 0 Å². The summed E-state index contributed by atoms with van der Waals surface area (Å²) in [7, 11) is 0. The Morgan fingerprint density at radius 2 is 2.03 bits per heavy atom. The van der Waals surface area contributed by atoms with Gasteiger partial charge in [0.2, 0.25) is 0 Å². The lowest BCUT2D eigenvalue weighted by molar-refractivity contribution is -0.151. The van der Waals surface area contributed by atoms with Crippen LogP contribution in [-0.2, 0) is 11.8 Å². The van der Waals surface area contributed by atoms with Crippen molar-refractivity contribution in [3.63, 3.8) is 0 Å². The second kappa shape index (κ2) is 7.25. The molecule has 2 fully saturated rings. The smallest absolute Gasteiger partial charge is 0.252 e. The van der Waals surface area contributed by atoms with Crippen molar-refractivity contribution in [3.05, 3.63) is 28.8 Å². The number of hydrogen-bond donors (Lipinski definition) is 4. The van der Waals surface area contributed by atoms with Crippen molar-refractivity contribution in [2.75, 3.05) is 13.1 Å². The number of primary amides is 1. The van der Waals surface area contributed by atoms with Crippen molar-refractivity contribution in [1.29, 1.82) is 0 Å². The van der Waals surface area contributed by atoms with Crippen LogP contribution < -0.4 is 5.73 Å². The lowest BCUT2D eigenvalue weighted by Gasteiger charge is -2.60. The maximum Gasteiger partial charge on any atom is 0.252 e. The number of aromatic hydroxyl groups is 1. The summed E-state index contributed by atoms with van der Waals surface area (Å²) in [5.41, 5.74) is 5.13. The van der Waals surface area contributed by atoms with E-state index < -0.39 is 23.0 Å². The van der Waals surface area contributed by atoms with Gasteiger partial charge in [0.1, 0.15) is 5.75 Å². The molecule has 0 bridgehead atoms. The predicted molar refractivity (Wildman–Crippen MR) is 111 cm³/mol. The molecule has 4 atom stereocenters. The zero-order valence-electron chi connectivity index (χ0n) is 17.5. The summed E-state index contributed by atoms with van der Waals surface area (Å²) < 4.78 is 0. The lowest BCUT2D eigenvalue weighted by Crippen LogP contribution is -2.69. The maximum absolute atomic E-state index is 12.2. The molecule has 4 rings (SSSR count). The summed E-state index contributed by atoms with van der Waals surface area (Å²) in [5.74, 6) is -0.132. The summed E-state index contributed by atoms with van der Waals surface area (Å²) in [5, 5.41) is 33.6. The SMILES string of the molecule is CCN(CC1CCC1)[C@@H]1Cc2ccc(C(N)=O)c(O)c2[C@@]2(C)C[C@@H](O)CC[C@@]12O. The number of phenols is 1. The van der Waals surface area contributed by atoms with Crippen LogP contribution in [0, 0.1) is 5.92 Å². The number of nitrogens with two attached hydrogens (primary N) is 1. The van der Waals surface area contributed by atoms with Gasteiger partial charge in [-0.3, -0.25) is 9.69 Å². The van der Waals surface area contributed by atoms with E-state index in [0.29, 0.717) is 37.2 Å². The predicted octanol–water partition coefficient (Wildman–Crippen LogP) is 2.07. The Kier molecular flexibility index (Phi) is 5.16. The van der Waals surface area contributed by atoms with Gasteiger partial charge in [-0.25, -0.2) is 0 Å². The van der Waals surface area contributed by atoms with Crippen molar-refractivity contribution in [2.45, 2.75) is 82.0 Å². The van der Waals surface area contributed by atoms with E-state index >= 15 is 0 Å². The van der Waals surface area contributed by atoms with Gasteiger partial charge in [-0.15, -0.1) is 0 Å². The molecule has 5 N–H and O–H groups in total. The highest BCUT2D eigenvalue weighted by atomic mass is 16.3. The second-order valence-corrected chi connectivity index (χ2v) is 9.62. The van der Waals surface area contributed by atoms with E-state index in [1.807, 2.05) is 13.0 Å². The molecule has 0 unspecified atom stereocenters. The molecule has 160 valence electrons. The summed E-state index contributed by atoms with van der Waals surface area (Å²) in [4.78, 5) is 14.2. The summed E-state index contributed by atoms with van der Waals surface area (Å²) in [6.45, 7) is 5.90. The molecule has 0 radical (unpaired) electrons. The number of rotatable bonds is 5. The van der Waals surface area contributed by atoms with Crippen molar-refractivity contribution < 1.29 is 20.1 Å². The van der Waals surface area contributed by atoms with Crippen LogP contribution in [0.15, 0.2) is 12.1 Å². The number of amides is 1. The van der Waals surface area contributed by atoms with E-state index in [-0.39, 0.29) is 17.4 Å². The molecule has 0 aromatic heterocycles. The minimum Gasteiger partial charge on any atom is -0.507 e. The molecule has 6 nitrogen and oxygen atoms in total. The standard InChI is InChI=1S/C23H34N2O4/c1-3-25(13-14-5-4-6-14)18-11-15-7-8-17(21(24)28)20(27)19(15)22(2)12-16(26)9-10-23(18,22)29/h7-8,14,16,18,26-27,29H,3-6,9-13H2,1-2H3,(H2,24,28)/t16-,18+,22+,23+/m0/s1. The van der Waals surface area contributed by atoms with Gasteiger partial charge in [-0.05, 0) is 62.6 Å². The fourth-order valence-electron chi connectivity index (χ4n) is 6.18. The number of aliphatic hydroxyl groups is 2. The number of carbonyl (C=O) groups is 1. The fourth-order valence-corrected chi connectivity index (χ4v) is 6.18. The lowest BCUT2D eigenvalue weighted by atomic mass is 9.52. The molecule has 1 amide bonds. The molecular weight excluding hydrogens is 368 g/mol. The van der Waals surface area contributed by atoms with Crippen LogP contribution in [0.4, 0.5) is 0 Å². The third-order valence-electron chi connectivity index (χ3n) is 8.07. The Morgan fingerprint density at radius 1 is 1.31 bits per heavy atom. The van der Waals surface area contributed by atoms with Crippen molar-refractivity contribution in [3.8, 4) is 5.75 Å². The Bertz CT molecular complexity index is 808. The number of carbonyl (C=O) groups excluding carboxylic acids is 1. The van der Waals surface area contributed by atoms with E-state index in [9.17, 15) is 20.1 Å². The largest absolute Gasteiger partial charge is 0.507 e. The molecule has 1 aromatic rings. The molecule has 1 aromatic carbocycles.